The Morgan fingerprint density at radius 3 is 2.70 bits per heavy atom. The molecule has 2 heterocycles. The number of aromatic nitrogens is 1. The smallest absolute Gasteiger partial charge is 0.227 e. The molecule has 1 saturated heterocycles. The van der Waals surface area contributed by atoms with Gasteiger partial charge in [0.2, 0.25) is 5.91 Å². The first kappa shape index (κ1) is 18.1. The van der Waals surface area contributed by atoms with E-state index in [1.807, 2.05) is 31.3 Å². The van der Waals surface area contributed by atoms with Crippen LogP contribution in [-0.2, 0) is 18.3 Å². The number of amides is 1. The van der Waals surface area contributed by atoms with Crippen molar-refractivity contribution in [3.63, 3.8) is 0 Å². The molecule has 140 valence electrons. The molecular formula is C23H25ClN2O. The molecule has 0 spiro atoms. The summed E-state index contributed by atoms with van der Waals surface area (Å²) in [6.45, 7) is 1.65. The number of halogens is 1. The second-order valence-corrected chi connectivity index (χ2v) is 7.98. The van der Waals surface area contributed by atoms with E-state index in [0.717, 1.165) is 42.9 Å². The van der Waals surface area contributed by atoms with Crippen molar-refractivity contribution in [2.45, 2.75) is 31.6 Å². The monoisotopic (exact) mass is 380 g/mol. The summed E-state index contributed by atoms with van der Waals surface area (Å²) in [5, 5.41) is 1.94. The molecule has 1 atom stereocenters. The van der Waals surface area contributed by atoms with Crippen LogP contribution in [0.5, 0.6) is 0 Å². The van der Waals surface area contributed by atoms with Gasteiger partial charge in [-0.1, -0.05) is 48.4 Å². The van der Waals surface area contributed by atoms with Gasteiger partial charge in [0.25, 0.3) is 0 Å². The SMILES string of the molecule is Cn1cc(CC(=O)N2CCCCC(c3ccc(Cl)cc3)C2)c2ccccc21. The molecule has 0 aliphatic carbocycles. The van der Waals surface area contributed by atoms with Crippen LogP contribution >= 0.6 is 11.6 Å². The Morgan fingerprint density at radius 2 is 1.89 bits per heavy atom. The molecular weight excluding hydrogens is 356 g/mol. The molecule has 27 heavy (non-hydrogen) atoms. The Bertz CT molecular complexity index is 945. The molecule has 4 heteroatoms. The lowest BCUT2D eigenvalue weighted by atomic mass is 9.94. The number of hydrogen-bond donors (Lipinski definition) is 0. The Hall–Kier alpha value is -2.26. The molecule has 0 N–H and O–H groups in total. The number of carbonyl (C=O) groups excluding carboxylic acids is 1. The average Bonchev–Trinajstić information content (AvgIpc) is 2.86. The second-order valence-electron chi connectivity index (χ2n) is 7.54. The average molecular weight is 381 g/mol. The largest absolute Gasteiger partial charge is 0.350 e. The van der Waals surface area contributed by atoms with Crippen molar-refractivity contribution in [3.05, 3.63) is 70.9 Å². The molecule has 0 radical (unpaired) electrons. The molecule has 1 aromatic heterocycles. The highest BCUT2D eigenvalue weighted by Gasteiger charge is 2.24. The van der Waals surface area contributed by atoms with Crippen LogP contribution in [0.2, 0.25) is 5.02 Å². The first-order valence-corrected chi connectivity index (χ1v) is 10.1. The van der Waals surface area contributed by atoms with E-state index in [-0.39, 0.29) is 5.91 Å². The lowest BCUT2D eigenvalue weighted by Gasteiger charge is -2.25. The van der Waals surface area contributed by atoms with Crippen LogP contribution in [-0.4, -0.2) is 28.5 Å². The van der Waals surface area contributed by atoms with Gasteiger partial charge in [0.05, 0.1) is 6.42 Å². The molecule has 2 aromatic carbocycles. The number of para-hydroxylation sites is 1. The van der Waals surface area contributed by atoms with Gasteiger partial charge in [-0.2, -0.15) is 0 Å². The zero-order valence-electron chi connectivity index (χ0n) is 15.7. The van der Waals surface area contributed by atoms with Gasteiger partial charge in [-0.05, 0) is 42.2 Å². The van der Waals surface area contributed by atoms with Gasteiger partial charge >= 0.3 is 0 Å². The number of benzene rings is 2. The molecule has 0 saturated carbocycles. The van der Waals surface area contributed by atoms with Gasteiger partial charge in [-0.3, -0.25) is 4.79 Å². The van der Waals surface area contributed by atoms with E-state index in [1.54, 1.807) is 0 Å². The summed E-state index contributed by atoms with van der Waals surface area (Å²) in [4.78, 5) is 15.2. The van der Waals surface area contributed by atoms with Crippen LogP contribution in [0.3, 0.4) is 0 Å². The van der Waals surface area contributed by atoms with Crippen LogP contribution in [0, 0.1) is 0 Å². The van der Waals surface area contributed by atoms with E-state index in [4.69, 9.17) is 11.6 Å². The number of hydrogen-bond acceptors (Lipinski definition) is 1. The minimum atomic E-state index is 0.229. The van der Waals surface area contributed by atoms with Gasteiger partial charge < -0.3 is 9.47 Å². The van der Waals surface area contributed by atoms with Crippen molar-refractivity contribution in [2.24, 2.45) is 7.05 Å². The number of aryl methyl sites for hydroxylation is 1. The number of rotatable bonds is 3. The van der Waals surface area contributed by atoms with Crippen molar-refractivity contribution >= 4 is 28.4 Å². The summed E-state index contributed by atoms with van der Waals surface area (Å²) in [5.74, 6) is 0.619. The number of nitrogens with zero attached hydrogens (tertiary/aromatic N) is 2. The van der Waals surface area contributed by atoms with Crippen LogP contribution in [0.25, 0.3) is 10.9 Å². The molecule has 4 rings (SSSR count). The van der Waals surface area contributed by atoms with Crippen molar-refractivity contribution in [3.8, 4) is 0 Å². The van der Waals surface area contributed by atoms with Gasteiger partial charge in [-0.15, -0.1) is 0 Å². The van der Waals surface area contributed by atoms with Gasteiger partial charge in [0, 0.05) is 48.2 Å². The summed E-state index contributed by atoms with van der Waals surface area (Å²) in [5.41, 5.74) is 3.57. The van der Waals surface area contributed by atoms with E-state index in [9.17, 15) is 4.79 Å². The summed E-state index contributed by atoms with van der Waals surface area (Å²) in [6.07, 6.45) is 5.92. The van der Waals surface area contributed by atoms with E-state index in [1.165, 1.54) is 16.5 Å². The minimum absolute atomic E-state index is 0.229. The zero-order valence-corrected chi connectivity index (χ0v) is 16.5. The molecule has 1 amide bonds. The third-order valence-electron chi connectivity index (χ3n) is 5.69. The zero-order chi connectivity index (χ0) is 18.8. The summed E-state index contributed by atoms with van der Waals surface area (Å²) < 4.78 is 2.11. The maximum Gasteiger partial charge on any atom is 0.227 e. The van der Waals surface area contributed by atoms with Crippen LogP contribution in [0.4, 0.5) is 0 Å². The van der Waals surface area contributed by atoms with Crippen LogP contribution in [0.15, 0.2) is 54.7 Å². The highest BCUT2D eigenvalue weighted by atomic mass is 35.5. The highest BCUT2D eigenvalue weighted by Crippen LogP contribution is 2.28. The normalized spacial score (nSPS) is 17.9. The minimum Gasteiger partial charge on any atom is -0.350 e. The first-order chi connectivity index (χ1) is 13.1. The predicted octanol–water partition coefficient (Wildman–Crippen LogP) is 5.17. The molecule has 1 fully saturated rings. The number of likely N-dealkylation sites (tertiary alicyclic amines) is 1. The van der Waals surface area contributed by atoms with E-state index < -0.39 is 0 Å². The topological polar surface area (TPSA) is 25.2 Å². The summed E-state index contributed by atoms with van der Waals surface area (Å²) >= 11 is 6.04. The molecule has 3 aromatic rings. The van der Waals surface area contributed by atoms with Crippen molar-refractivity contribution in [1.29, 1.82) is 0 Å². The molecule has 1 aliphatic rings. The standard InChI is InChI=1S/C23H25ClN2O/c1-25-15-19(21-7-2-3-8-22(21)25)14-23(27)26-13-5-4-6-18(16-26)17-9-11-20(24)12-10-17/h2-3,7-12,15,18H,4-6,13-14,16H2,1H3. The van der Waals surface area contributed by atoms with Gasteiger partial charge in [-0.25, -0.2) is 0 Å². The van der Waals surface area contributed by atoms with E-state index >= 15 is 0 Å². The van der Waals surface area contributed by atoms with Gasteiger partial charge in [0.15, 0.2) is 0 Å². The van der Waals surface area contributed by atoms with Gasteiger partial charge in [0.1, 0.15) is 0 Å². The lowest BCUT2D eigenvalue weighted by Crippen LogP contribution is -2.35. The first-order valence-electron chi connectivity index (χ1n) is 9.68. The number of fused-ring (bicyclic) bond motifs is 1. The summed E-state index contributed by atoms with van der Waals surface area (Å²) in [6, 6.07) is 16.4. The fourth-order valence-electron chi connectivity index (χ4n) is 4.22. The second kappa shape index (κ2) is 7.77. The Morgan fingerprint density at radius 1 is 1.11 bits per heavy atom. The quantitative estimate of drug-likeness (QED) is 0.615. The Labute approximate surface area is 165 Å². The Balaban J connectivity index is 1.52. The Kier molecular flexibility index (Phi) is 5.22. The third-order valence-corrected chi connectivity index (χ3v) is 5.94. The van der Waals surface area contributed by atoms with Crippen molar-refractivity contribution < 1.29 is 4.79 Å². The van der Waals surface area contributed by atoms with E-state index in [0.29, 0.717) is 12.3 Å². The summed E-state index contributed by atoms with van der Waals surface area (Å²) in [7, 11) is 2.04. The molecule has 3 nitrogen and oxygen atoms in total. The van der Waals surface area contributed by atoms with Crippen LogP contribution in [0.1, 0.15) is 36.3 Å². The maximum absolute atomic E-state index is 13.1. The predicted molar refractivity (Wildman–Crippen MR) is 111 cm³/mol. The van der Waals surface area contributed by atoms with Crippen LogP contribution < -0.4 is 0 Å². The number of carbonyl (C=O) groups is 1. The molecule has 1 unspecified atom stereocenters. The lowest BCUT2D eigenvalue weighted by molar-refractivity contribution is -0.130. The highest BCUT2D eigenvalue weighted by molar-refractivity contribution is 6.30. The fraction of sp³-hybridized carbons (Fsp3) is 0.348. The van der Waals surface area contributed by atoms with Crippen molar-refractivity contribution in [2.75, 3.05) is 13.1 Å². The fourth-order valence-corrected chi connectivity index (χ4v) is 4.34. The molecule has 1 aliphatic heterocycles. The molecule has 0 bridgehead atoms. The third kappa shape index (κ3) is 3.89. The van der Waals surface area contributed by atoms with Crippen molar-refractivity contribution in [1.82, 2.24) is 9.47 Å². The van der Waals surface area contributed by atoms with E-state index in [2.05, 4.69) is 39.9 Å². The maximum atomic E-state index is 13.1.